The Morgan fingerprint density at radius 3 is 2.50 bits per heavy atom. The molecular formula is C20H23ClN2O2S. The van der Waals surface area contributed by atoms with Crippen molar-refractivity contribution in [1.82, 2.24) is 9.80 Å². The van der Waals surface area contributed by atoms with Crippen molar-refractivity contribution >= 4 is 29.3 Å². The number of carbonyl (C=O) groups is 1. The molecule has 1 atom stereocenters. The number of amides is 1. The van der Waals surface area contributed by atoms with E-state index in [1.54, 1.807) is 19.1 Å². The minimum absolute atomic E-state index is 0.0637. The molecule has 0 radical (unpaired) electrons. The lowest BCUT2D eigenvalue weighted by Gasteiger charge is -2.32. The second-order valence-electron chi connectivity index (χ2n) is 6.55. The van der Waals surface area contributed by atoms with Gasteiger partial charge in [0.05, 0.1) is 11.7 Å². The van der Waals surface area contributed by atoms with Gasteiger partial charge in [0.2, 0.25) is 0 Å². The van der Waals surface area contributed by atoms with Crippen molar-refractivity contribution < 1.29 is 9.90 Å². The summed E-state index contributed by atoms with van der Waals surface area (Å²) >= 11 is 7.57. The van der Waals surface area contributed by atoms with E-state index in [-0.39, 0.29) is 5.91 Å². The van der Waals surface area contributed by atoms with E-state index in [1.165, 1.54) is 11.8 Å². The van der Waals surface area contributed by atoms with Gasteiger partial charge in [0.15, 0.2) is 0 Å². The molecule has 138 valence electrons. The first-order valence-electron chi connectivity index (χ1n) is 8.68. The third-order valence-electron chi connectivity index (χ3n) is 4.55. The van der Waals surface area contributed by atoms with Gasteiger partial charge in [-0.15, -0.1) is 0 Å². The second kappa shape index (κ2) is 8.44. The lowest BCUT2D eigenvalue weighted by Crippen LogP contribution is -2.47. The van der Waals surface area contributed by atoms with Crippen molar-refractivity contribution in [1.29, 1.82) is 0 Å². The molecule has 0 saturated carbocycles. The summed E-state index contributed by atoms with van der Waals surface area (Å²) in [5.41, 5.74) is 1.47. The Labute approximate surface area is 163 Å². The molecule has 0 aliphatic carbocycles. The number of hydrogen-bond donors (Lipinski definition) is 1. The number of likely N-dealkylation sites (N-methyl/N-ethyl adjacent to an activating group) is 1. The van der Waals surface area contributed by atoms with Crippen molar-refractivity contribution in [3.8, 4) is 0 Å². The maximum absolute atomic E-state index is 13.0. The summed E-state index contributed by atoms with van der Waals surface area (Å²) in [5, 5.41) is 10.7. The van der Waals surface area contributed by atoms with Gasteiger partial charge in [0, 0.05) is 41.0 Å². The standard InChI is InChI=1S/C20H23ClN2O2S/c1-14(24)17-13-15(21)7-8-19(17)26-18-6-4-3-5-16(18)20(25)23-11-9-22(2)10-12-23/h3-8,13-14,24H,9-12H2,1-2H3/t14-/m1/s1. The third-order valence-corrected chi connectivity index (χ3v) is 5.95. The average molecular weight is 391 g/mol. The number of halogens is 1. The van der Waals surface area contributed by atoms with E-state index in [9.17, 15) is 9.90 Å². The highest BCUT2D eigenvalue weighted by Crippen LogP contribution is 2.36. The molecule has 2 aromatic carbocycles. The summed E-state index contributed by atoms with van der Waals surface area (Å²) in [6, 6.07) is 13.1. The molecule has 4 nitrogen and oxygen atoms in total. The molecule has 26 heavy (non-hydrogen) atoms. The van der Waals surface area contributed by atoms with Gasteiger partial charge in [-0.3, -0.25) is 4.79 Å². The highest BCUT2D eigenvalue weighted by atomic mass is 35.5. The van der Waals surface area contributed by atoms with Crippen LogP contribution in [-0.2, 0) is 0 Å². The molecular weight excluding hydrogens is 368 g/mol. The molecule has 0 spiro atoms. The van der Waals surface area contributed by atoms with Crippen LogP contribution in [0.4, 0.5) is 0 Å². The van der Waals surface area contributed by atoms with Crippen LogP contribution in [0.15, 0.2) is 52.3 Å². The number of nitrogens with zero attached hydrogens (tertiary/aromatic N) is 2. The summed E-state index contributed by atoms with van der Waals surface area (Å²) in [4.78, 5) is 19.0. The molecule has 0 bridgehead atoms. The van der Waals surface area contributed by atoms with E-state index >= 15 is 0 Å². The van der Waals surface area contributed by atoms with Gasteiger partial charge in [-0.25, -0.2) is 0 Å². The third kappa shape index (κ3) is 4.41. The summed E-state index contributed by atoms with van der Waals surface area (Å²) in [7, 11) is 2.07. The normalized spacial score (nSPS) is 16.5. The molecule has 1 N–H and O–H groups in total. The predicted molar refractivity (Wildman–Crippen MR) is 106 cm³/mol. The zero-order valence-electron chi connectivity index (χ0n) is 15.0. The van der Waals surface area contributed by atoms with Crippen LogP contribution in [0.25, 0.3) is 0 Å². The summed E-state index contributed by atoms with van der Waals surface area (Å²) in [5.74, 6) is 0.0637. The Hall–Kier alpha value is -1.53. The summed E-state index contributed by atoms with van der Waals surface area (Å²) < 4.78 is 0. The van der Waals surface area contributed by atoms with Gasteiger partial charge in [-0.1, -0.05) is 35.5 Å². The average Bonchev–Trinajstić information content (AvgIpc) is 2.63. The molecule has 1 amide bonds. The van der Waals surface area contributed by atoms with Crippen LogP contribution in [0.2, 0.25) is 5.02 Å². The first-order valence-corrected chi connectivity index (χ1v) is 9.87. The minimum Gasteiger partial charge on any atom is -0.389 e. The number of hydrogen-bond acceptors (Lipinski definition) is 4. The van der Waals surface area contributed by atoms with Crippen molar-refractivity contribution in [3.05, 3.63) is 58.6 Å². The van der Waals surface area contributed by atoms with E-state index in [2.05, 4.69) is 11.9 Å². The second-order valence-corrected chi connectivity index (χ2v) is 8.07. The Morgan fingerprint density at radius 1 is 1.12 bits per heavy atom. The van der Waals surface area contributed by atoms with Crippen molar-refractivity contribution in [2.24, 2.45) is 0 Å². The Kier molecular flexibility index (Phi) is 6.24. The van der Waals surface area contributed by atoms with Crippen molar-refractivity contribution in [2.75, 3.05) is 33.2 Å². The van der Waals surface area contributed by atoms with E-state index < -0.39 is 6.10 Å². The number of benzene rings is 2. The highest BCUT2D eigenvalue weighted by Gasteiger charge is 2.23. The number of aliphatic hydroxyl groups excluding tert-OH is 1. The largest absolute Gasteiger partial charge is 0.389 e. The molecule has 3 rings (SSSR count). The van der Waals surface area contributed by atoms with Gasteiger partial charge < -0.3 is 14.9 Å². The van der Waals surface area contributed by atoms with Crippen LogP contribution in [0.5, 0.6) is 0 Å². The predicted octanol–water partition coefficient (Wildman–Crippen LogP) is 3.93. The molecule has 1 aliphatic rings. The lowest BCUT2D eigenvalue weighted by atomic mass is 10.1. The molecule has 1 fully saturated rings. The fourth-order valence-electron chi connectivity index (χ4n) is 2.97. The van der Waals surface area contributed by atoms with Gasteiger partial charge >= 0.3 is 0 Å². The summed E-state index contributed by atoms with van der Waals surface area (Å²) in [6.07, 6.45) is -0.628. The molecule has 6 heteroatoms. The van der Waals surface area contributed by atoms with E-state index in [0.29, 0.717) is 10.6 Å². The highest BCUT2D eigenvalue weighted by molar-refractivity contribution is 7.99. The molecule has 1 aliphatic heterocycles. The Bertz CT molecular complexity index is 789. The fourth-order valence-corrected chi connectivity index (χ4v) is 4.28. The monoisotopic (exact) mass is 390 g/mol. The van der Waals surface area contributed by atoms with Crippen molar-refractivity contribution in [2.45, 2.75) is 22.8 Å². The molecule has 2 aromatic rings. The minimum atomic E-state index is -0.628. The first-order chi connectivity index (χ1) is 12.5. The van der Waals surface area contributed by atoms with Gasteiger partial charge in [0.25, 0.3) is 5.91 Å². The van der Waals surface area contributed by atoms with Gasteiger partial charge in [0.1, 0.15) is 0 Å². The Balaban J connectivity index is 1.87. The number of piperazine rings is 1. The van der Waals surface area contributed by atoms with E-state index in [1.807, 2.05) is 35.2 Å². The zero-order chi connectivity index (χ0) is 18.7. The number of carbonyl (C=O) groups excluding carboxylic acids is 1. The van der Waals surface area contributed by atoms with Gasteiger partial charge in [-0.05, 0) is 49.9 Å². The van der Waals surface area contributed by atoms with Gasteiger partial charge in [-0.2, -0.15) is 0 Å². The maximum Gasteiger partial charge on any atom is 0.255 e. The maximum atomic E-state index is 13.0. The van der Waals surface area contributed by atoms with E-state index in [0.717, 1.165) is 41.5 Å². The smallest absolute Gasteiger partial charge is 0.255 e. The number of aliphatic hydroxyl groups is 1. The number of rotatable bonds is 4. The molecule has 1 heterocycles. The SMILES string of the molecule is C[C@@H](O)c1cc(Cl)ccc1Sc1ccccc1C(=O)N1CCN(C)CC1. The quantitative estimate of drug-likeness (QED) is 0.858. The van der Waals surface area contributed by atoms with Crippen LogP contribution < -0.4 is 0 Å². The van der Waals surface area contributed by atoms with Crippen LogP contribution in [0.3, 0.4) is 0 Å². The van der Waals surface area contributed by atoms with Crippen LogP contribution in [0, 0.1) is 0 Å². The Morgan fingerprint density at radius 2 is 1.81 bits per heavy atom. The molecule has 1 saturated heterocycles. The van der Waals surface area contributed by atoms with Crippen LogP contribution in [-0.4, -0.2) is 54.0 Å². The molecule has 0 aromatic heterocycles. The molecule has 0 unspecified atom stereocenters. The lowest BCUT2D eigenvalue weighted by molar-refractivity contribution is 0.0660. The summed E-state index contributed by atoms with van der Waals surface area (Å²) in [6.45, 7) is 4.99. The van der Waals surface area contributed by atoms with E-state index in [4.69, 9.17) is 11.6 Å². The first kappa shape index (κ1) is 19.2. The fraction of sp³-hybridized carbons (Fsp3) is 0.350. The van der Waals surface area contributed by atoms with Crippen LogP contribution in [0.1, 0.15) is 28.9 Å². The zero-order valence-corrected chi connectivity index (χ0v) is 16.6. The van der Waals surface area contributed by atoms with Crippen LogP contribution >= 0.6 is 23.4 Å². The van der Waals surface area contributed by atoms with Crippen molar-refractivity contribution in [3.63, 3.8) is 0 Å². The topological polar surface area (TPSA) is 43.8 Å².